The van der Waals surface area contributed by atoms with Crippen LogP contribution in [0, 0.1) is 0 Å². The van der Waals surface area contributed by atoms with Crippen LogP contribution in [-0.4, -0.2) is 44.0 Å². The molecule has 1 heterocycles. The van der Waals surface area contributed by atoms with Gasteiger partial charge >= 0.3 is 12.1 Å². The maximum Gasteiger partial charge on any atom is 0.406 e. The van der Waals surface area contributed by atoms with Crippen LogP contribution in [-0.2, 0) is 15.9 Å². The maximum atomic E-state index is 11.6. The summed E-state index contributed by atoms with van der Waals surface area (Å²) in [7, 11) is 1.29. The highest BCUT2D eigenvalue weighted by molar-refractivity contribution is 6.30. The maximum absolute atomic E-state index is 11.6. The van der Waals surface area contributed by atoms with Gasteiger partial charge in [0.15, 0.2) is 0 Å². The van der Waals surface area contributed by atoms with Crippen molar-refractivity contribution in [2.75, 3.05) is 26.9 Å². The monoisotopic (exact) mass is 419 g/mol. The molecule has 2 N–H and O–H groups in total. The number of aromatic carboxylic acids is 1. The van der Waals surface area contributed by atoms with Crippen molar-refractivity contribution in [1.29, 1.82) is 0 Å². The fourth-order valence-electron chi connectivity index (χ4n) is 3.29. The molecule has 8 heteroatoms. The van der Waals surface area contributed by atoms with Gasteiger partial charge in [-0.05, 0) is 48.2 Å². The number of carbonyl (C=O) groups excluding carboxylic acids is 1. The number of carboxylic acid groups (broad SMARTS) is 1. The summed E-state index contributed by atoms with van der Waals surface area (Å²) >= 11 is 6.18. The van der Waals surface area contributed by atoms with Gasteiger partial charge in [0.05, 0.1) is 25.9 Å². The van der Waals surface area contributed by atoms with Crippen molar-refractivity contribution in [2.24, 2.45) is 0 Å². The lowest BCUT2D eigenvalue weighted by molar-refractivity contribution is 0.0691. The number of ether oxygens (including phenoxy) is 3. The van der Waals surface area contributed by atoms with Crippen LogP contribution < -0.4 is 10.1 Å². The zero-order valence-corrected chi connectivity index (χ0v) is 16.7. The number of carboxylic acids is 1. The summed E-state index contributed by atoms with van der Waals surface area (Å²) in [5.41, 5.74) is 2.56. The minimum Gasteiger partial charge on any atom is -0.493 e. The van der Waals surface area contributed by atoms with Gasteiger partial charge in [-0.25, -0.2) is 9.59 Å². The number of rotatable bonds is 7. The number of fused-ring (bicyclic) bond motifs is 1. The molecule has 3 rings (SSSR count). The molecule has 0 spiro atoms. The highest BCUT2D eigenvalue weighted by atomic mass is 35.5. The summed E-state index contributed by atoms with van der Waals surface area (Å²) in [6.45, 7) is 0.974. The van der Waals surface area contributed by atoms with E-state index in [-0.39, 0.29) is 18.7 Å². The third kappa shape index (κ3) is 5.19. The zero-order valence-electron chi connectivity index (χ0n) is 15.9. The molecule has 0 aliphatic carbocycles. The molecule has 1 amide bonds. The summed E-state index contributed by atoms with van der Waals surface area (Å²) in [5.74, 6) is -0.477. The molecule has 0 radical (unpaired) electrons. The summed E-state index contributed by atoms with van der Waals surface area (Å²) < 4.78 is 16.4. The molecule has 0 bridgehead atoms. The fraction of sp³-hybridized carbons (Fsp3) is 0.333. The standard InChI is InChI=1S/C21H22ClNO6/c1-27-21(26)23-7-9-29-19(13-4-2-5-15(22)10-13)17-11-14(20(24)25)12-18-16(17)6-3-8-28-18/h2,4-5,10-12,19H,3,6-9H2,1H3,(H,23,26)(H,24,25). The molecule has 1 atom stereocenters. The molecule has 7 nitrogen and oxygen atoms in total. The lowest BCUT2D eigenvalue weighted by atomic mass is 9.90. The first-order chi connectivity index (χ1) is 14.0. The van der Waals surface area contributed by atoms with Crippen LogP contribution in [0.2, 0.25) is 5.02 Å². The lowest BCUT2D eigenvalue weighted by Gasteiger charge is -2.26. The topological polar surface area (TPSA) is 94.1 Å². The van der Waals surface area contributed by atoms with Gasteiger partial charge in [-0.3, -0.25) is 0 Å². The molecule has 1 aliphatic heterocycles. The second-order valence-electron chi connectivity index (χ2n) is 6.52. The molecular weight excluding hydrogens is 398 g/mol. The molecule has 0 saturated heterocycles. The Labute approximate surface area is 173 Å². The van der Waals surface area contributed by atoms with E-state index in [0.717, 1.165) is 29.5 Å². The molecule has 2 aromatic carbocycles. The van der Waals surface area contributed by atoms with E-state index in [1.54, 1.807) is 24.3 Å². The third-order valence-electron chi connectivity index (χ3n) is 4.59. The van der Waals surface area contributed by atoms with Crippen LogP contribution in [0.3, 0.4) is 0 Å². The lowest BCUT2D eigenvalue weighted by Crippen LogP contribution is -2.27. The van der Waals surface area contributed by atoms with Crippen LogP contribution >= 0.6 is 11.6 Å². The Balaban J connectivity index is 1.98. The van der Waals surface area contributed by atoms with E-state index >= 15 is 0 Å². The highest BCUT2D eigenvalue weighted by Gasteiger charge is 2.25. The van der Waals surface area contributed by atoms with E-state index in [0.29, 0.717) is 17.4 Å². The molecule has 1 aliphatic rings. The molecule has 0 fully saturated rings. The van der Waals surface area contributed by atoms with Gasteiger partial charge in [-0.2, -0.15) is 0 Å². The molecule has 1 unspecified atom stereocenters. The van der Waals surface area contributed by atoms with Gasteiger partial charge in [-0.1, -0.05) is 23.7 Å². The summed E-state index contributed by atoms with van der Waals surface area (Å²) in [6.07, 6.45) is 0.471. The largest absolute Gasteiger partial charge is 0.493 e. The number of hydrogen-bond donors (Lipinski definition) is 2. The molecule has 154 valence electrons. The van der Waals surface area contributed by atoms with Crippen LogP contribution in [0.1, 0.15) is 39.6 Å². The summed E-state index contributed by atoms with van der Waals surface area (Å²) in [4.78, 5) is 22.9. The molecule has 0 aromatic heterocycles. The predicted molar refractivity (Wildman–Crippen MR) is 107 cm³/mol. The smallest absolute Gasteiger partial charge is 0.406 e. The van der Waals surface area contributed by atoms with Gasteiger partial charge in [0.25, 0.3) is 0 Å². The van der Waals surface area contributed by atoms with E-state index in [9.17, 15) is 14.7 Å². The van der Waals surface area contributed by atoms with Gasteiger partial charge in [0.2, 0.25) is 0 Å². The second kappa shape index (κ2) is 9.62. The minimum absolute atomic E-state index is 0.129. The van der Waals surface area contributed by atoms with E-state index < -0.39 is 18.2 Å². The number of hydrogen-bond acceptors (Lipinski definition) is 5. The Morgan fingerprint density at radius 3 is 2.86 bits per heavy atom. The van der Waals surface area contributed by atoms with Gasteiger partial charge in [0.1, 0.15) is 11.9 Å². The van der Waals surface area contributed by atoms with Crippen LogP contribution in [0.25, 0.3) is 0 Å². The number of halogens is 1. The Morgan fingerprint density at radius 1 is 1.31 bits per heavy atom. The van der Waals surface area contributed by atoms with Crippen molar-refractivity contribution in [3.63, 3.8) is 0 Å². The molecular formula is C21H22ClNO6. The summed E-state index contributed by atoms with van der Waals surface area (Å²) in [6, 6.07) is 10.4. The van der Waals surface area contributed by atoms with E-state index in [2.05, 4.69) is 10.1 Å². The predicted octanol–water partition coefficient (Wildman–Crippen LogP) is 3.83. The molecule has 29 heavy (non-hydrogen) atoms. The first kappa shape index (κ1) is 21.0. The van der Waals surface area contributed by atoms with Crippen molar-refractivity contribution in [3.05, 3.63) is 63.7 Å². The second-order valence-corrected chi connectivity index (χ2v) is 6.96. The average molecular weight is 420 g/mol. The number of alkyl carbamates (subject to hydrolysis) is 1. The zero-order chi connectivity index (χ0) is 20.8. The van der Waals surface area contributed by atoms with Crippen molar-refractivity contribution < 1.29 is 28.9 Å². The number of amides is 1. The fourth-order valence-corrected chi connectivity index (χ4v) is 3.49. The van der Waals surface area contributed by atoms with Crippen molar-refractivity contribution in [1.82, 2.24) is 5.32 Å². The van der Waals surface area contributed by atoms with Gasteiger partial charge in [-0.15, -0.1) is 0 Å². The normalized spacial score (nSPS) is 13.7. The average Bonchev–Trinajstić information content (AvgIpc) is 2.72. The third-order valence-corrected chi connectivity index (χ3v) is 4.83. The SMILES string of the molecule is COC(=O)NCCOC(c1cccc(Cl)c1)c1cc(C(=O)O)cc2c1CCCO2. The molecule has 2 aromatic rings. The van der Waals surface area contributed by atoms with Crippen LogP contribution in [0.15, 0.2) is 36.4 Å². The number of carbonyl (C=O) groups is 2. The van der Waals surface area contributed by atoms with Gasteiger partial charge in [0, 0.05) is 17.1 Å². The van der Waals surface area contributed by atoms with E-state index in [1.807, 2.05) is 12.1 Å². The Kier molecular flexibility index (Phi) is 6.95. The van der Waals surface area contributed by atoms with Gasteiger partial charge < -0.3 is 24.6 Å². The molecule has 0 saturated carbocycles. The Bertz CT molecular complexity index is 901. The number of nitrogens with one attached hydrogen (secondary N) is 1. The Hall–Kier alpha value is -2.77. The van der Waals surface area contributed by atoms with E-state index in [4.69, 9.17) is 21.1 Å². The van der Waals surface area contributed by atoms with Crippen LogP contribution in [0.4, 0.5) is 4.79 Å². The number of methoxy groups -OCH3 is 1. The van der Waals surface area contributed by atoms with Crippen molar-refractivity contribution in [2.45, 2.75) is 18.9 Å². The van der Waals surface area contributed by atoms with Crippen molar-refractivity contribution >= 4 is 23.7 Å². The Morgan fingerprint density at radius 2 is 2.14 bits per heavy atom. The van der Waals surface area contributed by atoms with Crippen LogP contribution in [0.5, 0.6) is 5.75 Å². The number of benzene rings is 2. The highest BCUT2D eigenvalue weighted by Crippen LogP contribution is 2.37. The first-order valence-electron chi connectivity index (χ1n) is 9.21. The van der Waals surface area contributed by atoms with E-state index in [1.165, 1.54) is 7.11 Å². The minimum atomic E-state index is -1.04. The summed E-state index contributed by atoms with van der Waals surface area (Å²) in [5, 5.41) is 12.6. The quantitative estimate of drug-likeness (QED) is 0.662. The van der Waals surface area contributed by atoms with Crippen molar-refractivity contribution in [3.8, 4) is 5.75 Å². The first-order valence-corrected chi connectivity index (χ1v) is 9.59.